The quantitative estimate of drug-likeness (QED) is 0.487. The Kier molecular flexibility index (Phi) is 5.34. The second kappa shape index (κ2) is 7.66. The lowest BCUT2D eigenvalue weighted by Gasteiger charge is -2.07. The van der Waals surface area contributed by atoms with E-state index in [-0.39, 0.29) is 17.5 Å². The zero-order valence-corrected chi connectivity index (χ0v) is 15.2. The summed E-state index contributed by atoms with van der Waals surface area (Å²) in [5.74, 6) is 5.96. The van der Waals surface area contributed by atoms with Crippen LogP contribution in [0.3, 0.4) is 0 Å². The molecule has 1 heterocycles. The fourth-order valence-corrected chi connectivity index (χ4v) is 3.09. The van der Waals surface area contributed by atoms with Crippen molar-refractivity contribution in [2.45, 2.75) is 5.16 Å². The number of benzene rings is 2. The van der Waals surface area contributed by atoms with Gasteiger partial charge in [-0.05, 0) is 52.3 Å². The van der Waals surface area contributed by atoms with Crippen molar-refractivity contribution in [1.82, 2.24) is 14.9 Å². The van der Waals surface area contributed by atoms with E-state index in [1.165, 1.54) is 16.8 Å². The highest BCUT2D eigenvalue weighted by atomic mass is 79.9. The predicted molar refractivity (Wildman–Crippen MR) is 99.1 cm³/mol. The van der Waals surface area contributed by atoms with E-state index in [4.69, 9.17) is 5.84 Å². The number of para-hydroxylation sites is 1. The van der Waals surface area contributed by atoms with Crippen LogP contribution in [-0.4, -0.2) is 26.5 Å². The molecule has 1 amide bonds. The predicted octanol–water partition coefficient (Wildman–Crippen LogP) is 3.29. The second-order valence-electron chi connectivity index (χ2n) is 5.00. The third-order valence-electron chi connectivity index (χ3n) is 3.25. The Labute approximate surface area is 155 Å². The third kappa shape index (κ3) is 4.18. The summed E-state index contributed by atoms with van der Waals surface area (Å²) < 4.78 is 15.1. The number of carbonyl (C=O) groups is 1. The third-order valence-corrected chi connectivity index (χ3v) is 4.88. The monoisotopic (exact) mass is 421 g/mol. The Morgan fingerprint density at radius 2 is 1.92 bits per heavy atom. The van der Waals surface area contributed by atoms with Gasteiger partial charge in [0.2, 0.25) is 11.1 Å². The summed E-state index contributed by atoms with van der Waals surface area (Å²) in [4.78, 5) is 12.1. The first-order valence-corrected chi connectivity index (χ1v) is 8.96. The molecule has 3 N–H and O–H groups in total. The molecule has 1 aromatic heterocycles. The molecule has 0 aliphatic carbocycles. The topological polar surface area (TPSA) is 85.8 Å². The van der Waals surface area contributed by atoms with Crippen molar-refractivity contribution in [3.05, 3.63) is 58.8 Å². The van der Waals surface area contributed by atoms with Gasteiger partial charge in [0.15, 0.2) is 5.82 Å². The number of anilines is 1. The molecule has 0 spiro atoms. The number of nitrogens with two attached hydrogens (primary N) is 1. The molecule has 0 bridgehead atoms. The molecule has 128 valence electrons. The minimum atomic E-state index is -0.342. The van der Waals surface area contributed by atoms with Crippen molar-refractivity contribution >= 4 is 39.3 Å². The number of amides is 1. The Hall–Kier alpha value is -2.39. The lowest BCUT2D eigenvalue weighted by molar-refractivity contribution is -0.113. The number of rotatable bonds is 5. The number of thioether (sulfide) groups is 1. The molecule has 0 saturated carbocycles. The van der Waals surface area contributed by atoms with Crippen LogP contribution in [0.5, 0.6) is 0 Å². The average molecular weight is 422 g/mol. The van der Waals surface area contributed by atoms with Crippen molar-refractivity contribution in [3.8, 4) is 11.4 Å². The number of hydrogen-bond acceptors (Lipinski definition) is 5. The van der Waals surface area contributed by atoms with Crippen LogP contribution < -0.4 is 11.2 Å². The number of nitrogen functional groups attached to an aromatic ring is 1. The molecule has 25 heavy (non-hydrogen) atoms. The van der Waals surface area contributed by atoms with Gasteiger partial charge < -0.3 is 11.2 Å². The molecule has 0 aliphatic rings. The van der Waals surface area contributed by atoms with Crippen molar-refractivity contribution < 1.29 is 9.18 Å². The van der Waals surface area contributed by atoms with E-state index in [1.54, 1.807) is 18.2 Å². The maximum atomic E-state index is 13.0. The smallest absolute Gasteiger partial charge is 0.234 e. The molecule has 0 unspecified atom stereocenters. The molecule has 6 nitrogen and oxygen atoms in total. The van der Waals surface area contributed by atoms with E-state index in [0.29, 0.717) is 22.2 Å². The van der Waals surface area contributed by atoms with Crippen LogP contribution in [0.25, 0.3) is 11.4 Å². The summed E-state index contributed by atoms with van der Waals surface area (Å²) in [5, 5.41) is 11.2. The highest BCUT2D eigenvalue weighted by Gasteiger charge is 2.14. The molecule has 0 aliphatic heterocycles. The lowest BCUT2D eigenvalue weighted by atomic mass is 10.2. The van der Waals surface area contributed by atoms with Crippen LogP contribution >= 0.6 is 27.7 Å². The first kappa shape index (κ1) is 17.4. The number of halogens is 2. The summed E-state index contributed by atoms with van der Waals surface area (Å²) in [7, 11) is 0. The molecular formula is C16H13BrFN5OS. The van der Waals surface area contributed by atoms with Crippen LogP contribution in [0, 0.1) is 5.82 Å². The van der Waals surface area contributed by atoms with E-state index in [9.17, 15) is 9.18 Å². The minimum Gasteiger partial charge on any atom is -0.335 e. The van der Waals surface area contributed by atoms with Gasteiger partial charge in [-0.3, -0.25) is 4.79 Å². The molecule has 2 aromatic carbocycles. The van der Waals surface area contributed by atoms with E-state index >= 15 is 0 Å². The normalized spacial score (nSPS) is 10.6. The Bertz CT molecular complexity index is 900. The van der Waals surface area contributed by atoms with Gasteiger partial charge in [0.1, 0.15) is 5.82 Å². The highest BCUT2D eigenvalue weighted by Crippen LogP contribution is 2.24. The van der Waals surface area contributed by atoms with Gasteiger partial charge in [0.25, 0.3) is 0 Å². The summed E-state index contributed by atoms with van der Waals surface area (Å²) in [6.07, 6.45) is 0. The maximum absolute atomic E-state index is 13.0. The average Bonchev–Trinajstić information content (AvgIpc) is 2.97. The van der Waals surface area contributed by atoms with Gasteiger partial charge in [0.05, 0.1) is 11.4 Å². The van der Waals surface area contributed by atoms with Crippen LogP contribution in [-0.2, 0) is 4.79 Å². The lowest BCUT2D eigenvalue weighted by Crippen LogP contribution is -2.16. The standard InChI is InChI=1S/C16H13BrFN5OS/c17-12-3-1-2-4-13(12)20-14(24)9-25-16-22-21-15(23(16)19)10-5-7-11(18)8-6-10/h1-8H,9,19H2,(H,20,24). The molecule has 0 saturated heterocycles. The molecule has 0 radical (unpaired) electrons. The van der Waals surface area contributed by atoms with Gasteiger partial charge >= 0.3 is 0 Å². The van der Waals surface area contributed by atoms with Gasteiger partial charge in [-0.1, -0.05) is 23.9 Å². The van der Waals surface area contributed by atoms with Crippen molar-refractivity contribution in [3.63, 3.8) is 0 Å². The number of nitrogens with one attached hydrogen (secondary N) is 1. The summed E-state index contributed by atoms with van der Waals surface area (Å²) in [5.41, 5.74) is 1.33. The van der Waals surface area contributed by atoms with Gasteiger partial charge in [-0.15, -0.1) is 10.2 Å². The molecule has 3 rings (SSSR count). The van der Waals surface area contributed by atoms with Crippen molar-refractivity contribution in [2.24, 2.45) is 0 Å². The number of aromatic nitrogens is 3. The second-order valence-corrected chi connectivity index (χ2v) is 6.80. The highest BCUT2D eigenvalue weighted by molar-refractivity contribution is 9.10. The van der Waals surface area contributed by atoms with E-state index in [1.807, 2.05) is 18.2 Å². The van der Waals surface area contributed by atoms with E-state index in [0.717, 1.165) is 16.2 Å². The zero-order valence-electron chi connectivity index (χ0n) is 12.8. The maximum Gasteiger partial charge on any atom is 0.234 e. The summed E-state index contributed by atoms with van der Waals surface area (Å²) in [6.45, 7) is 0. The summed E-state index contributed by atoms with van der Waals surface area (Å²) in [6, 6.07) is 13.1. The molecule has 0 fully saturated rings. The first-order valence-electron chi connectivity index (χ1n) is 7.18. The van der Waals surface area contributed by atoms with Crippen LogP contribution in [0.15, 0.2) is 58.2 Å². The minimum absolute atomic E-state index is 0.125. The first-order chi connectivity index (χ1) is 12.0. The SMILES string of the molecule is Nn1c(SCC(=O)Nc2ccccc2Br)nnc1-c1ccc(F)cc1. The Morgan fingerprint density at radius 3 is 2.64 bits per heavy atom. The molecular weight excluding hydrogens is 409 g/mol. The zero-order chi connectivity index (χ0) is 17.8. The van der Waals surface area contributed by atoms with Crippen LogP contribution in [0.4, 0.5) is 10.1 Å². The number of hydrogen-bond donors (Lipinski definition) is 2. The Morgan fingerprint density at radius 1 is 1.20 bits per heavy atom. The molecule has 3 aromatic rings. The van der Waals surface area contributed by atoms with Gasteiger partial charge in [-0.25, -0.2) is 9.07 Å². The fourth-order valence-electron chi connectivity index (χ4n) is 2.05. The summed E-state index contributed by atoms with van der Waals surface area (Å²) >= 11 is 4.53. The van der Waals surface area contributed by atoms with E-state index < -0.39 is 0 Å². The van der Waals surface area contributed by atoms with Crippen molar-refractivity contribution in [2.75, 3.05) is 16.9 Å². The van der Waals surface area contributed by atoms with Gasteiger partial charge in [0, 0.05) is 10.0 Å². The number of nitrogens with zero attached hydrogens (tertiary/aromatic N) is 3. The van der Waals surface area contributed by atoms with Crippen LogP contribution in [0.1, 0.15) is 0 Å². The fraction of sp³-hybridized carbons (Fsp3) is 0.0625. The molecule has 9 heteroatoms. The Balaban J connectivity index is 1.65. The number of carbonyl (C=O) groups excluding carboxylic acids is 1. The largest absolute Gasteiger partial charge is 0.335 e. The van der Waals surface area contributed by atoms with Crippen molar-refractivity contribution in [1.29, 1.82) is 0 Å². The van der Waals surface area contributed by atoms with Crippen LogP contribution in [0.2, 0.25) is 0 Å². The molecule has 0 atom stereocenters. The van der Waals surface area contributed by atoms with E-state index in [2.05, 4.69) is 31.4 Å². The van der Waals surface area contributed by atoms with Gasteiger partial charge in [-0.2, -0.15) is 0 Å².